The van der Waals surface area contributed by atoms with Gasteiger partial charge in [0, 0.05) is 23.2 Å². The number of hydrogen-bond donors (Lipinski definition) is 2. The van der Waals surface area contributed by atoms with Gasteiger partial charge in [0.25, 0.3) is 0 Å². The second-order valence-electron chi connectivity index (χ2n) is 2.54. The van der Waals surface area contributed by atoms with Crippen molar-refractivity contribution in [3.63, 3.8) is 0 Å². The van der Waals surface area contributed by atoms with E-state index >= 15 is 0 Å². The van der Waals surface area contributed by atoms with Crippen LogP contribution in [-0.4, -0.2) is 11.7 Å². The number of nitrogens with one attached hydrogen (secondary N) is 1. The van der Waals surface area contributed by atoms with E-state index in [4.69, 9.17) is 0 Å². The number of hydrogen-bond acceptors (Lipinski definition) is 2. The summed E-state index contributed by atoms with van der Waals surface area (Å²) < 4.78 is 0. The largest absolute Gasteiger partial charge is 0.507 e. The Balaban J connectivity index is 2.88. The third-order valence-electron chi connectivity index (χ3n) is 1.80. The molecule has 0 amide bonds. The Hall–Kier alpha value is -1.44. The highest BCUT2D eigenvalue weighted by Crippen LogP contribution is 1.94. The summed E-state index contributed by atoms with van der Waals surface area (Å²) in [4.78, 5) is 0. The molecule has 0 radical (unpaired) electrons. The molecule has 1 aliphatic heterocycles. The van der Waals surface area contributed by atoms with E-state index in [-0.39, 0.29) is 0 Å². The van der Waals surface area contributed by atoms with Crippen molar-refractivity contribution < 1.29 is 5.11 Å². The molecule has 0 bridgehead atoms. The Labute approximate surface area is 64.5 Å². The van der Waals surface area contributed by atoms with Gasteiger partial charge < -0.3 is 10.4 Å². The predicted molar refractivity (Wildman–Crippen MR) is 44.3 cm³/mol. The lowest BCUT2D eigenvalue weighted by molar-refractivity contribution is 0.470. The maximum absolute atomic E-state index is 9.38. The normalized spacial score (nSPS) is 13.8. The molecule has 0 saturated heterocycles. The summed E-state index contributed by atoms with van der Waals surface area (Å²) in [6.45, 7) is 0.796. The molecule has 2 nitrogen and oxygen atoms in total. The SMILES string of the molecule is Oc1cccc2c1=CCNC=2. The van der Waals surface area contributed by atoms with Crippen molar-refractivity contribution in [1.82, 2.24) is 5.32 Å². The Bertz CT molecular complexity index is 381. The minimum absolute atomic E-state index is 0.361. The van der Waals surface area contributed by atoms with E-state index in [9.17, 15) is 5.11 Å². The molecule has 1 aromatic rings. The Morgan fingerprint density at radius 3 is 3.09 bits per heavy atom. The predicted octanol–water partition coefficient (Wildman–Crippen LogP) is -0.486. The maximum Gasteiger partial charge on any atom is 0.123 e. The summed E-state index contributed by atoms with van der Waals surface area (Å²) in [7, 11) is 0. The maximum atomic E-state index is 9.38. The number of fused-ring (bicyclic) bond motifs is 1. The van der Waals surface area contributed by atoms with Crippen LogP contribution in [0.1, 0.15) is 0 Å². The minimum Gasteiger partial charge on any atom is -0.507 e. The third-order valence-corrected chi connectivity index (χ3v) is 1.80. The Morgan fingerprint density at radius 2 is 2.27 bits per heavy atom. The lowest BCUT2D eigenvalue weighted by Crippen LogP contribution is -2.32. The van der Waals surface area contributed by atoms with Crippen LogP contribution < -0.4 is 15.8 Å². The molecule has 0 unspecified atom stereocenters. The van der Waals surface area contributed by atoms with Gasteiger partial charge in [-0.05, 0) is 6.07 Å². The van der Waals surface area contributed by atoms with Gasteiger partial charge in [-0.3, -0.25) is 0 Å². The van der Waals surface area contributed by atoms with Gasteiger partial charge in [-0.25, -0.2) is 0 Å². The Kier molecular flexibility index (Phi) is 1.32. The van der Waals surface area contributed by atoms with Crippen molar-refractivity contribution in [1.29, 1.82) is 0 Å². The smallest absolute Gasteiger partial charge is 0.123 e. The van der Waals surface area contributed by atoms with Crippen LogP contribution >= 0.6 is 0 Å². The first-order valence-corrected chi connectivity index (χ1v) is 3.60. The van der Waals surface area contributed by atoms with Gasteiger partial charge >= 0.3 is 0 Å². The topological polar surface area (TPSA) is 32.3 Å². The van der Waals surface area contributed by atoms with Gasteiger partial charge in [0.1, 0.15) is 5.75 Å². The van der Waals surface area contributed by atoms with Gasteiger partial charge in [0.05, 0.1) is 0 Å². The molecule has 2 heteroatoms. The number of rotatable bonds is 0. The van der Waals surface area contributed by atoms with E-state index in [1.807, 2.05) is 24.4 Å². The first-order chi connectivity index (χ1) is 5.38. The molecular formula is C9H9NO. The highest BCUT2D eigenvalue weighted by atomic mass is 16.3. The van der Waals surface area contributed by atoms with Crippen molar-refractivity contribution in [2.24, 2.45) is 0 Å². The summed E-state index contributed by atoms with van der Waals surface area (Å²) in [6, 6.07) is 5.51. The molecule has 1 heterocycles. The quantitative estimate of drug-likeness (QED) is 0.519. The molecule has 2 rings (SSSR count). The van der Waals surface area contributed by atoms with Crippen LogP contribution in [0, 0.1) is 0 Å². The summed E-state index contributed by atoms with van der Waals surface area (Å²) in [5, 5.41) is 14.4. The molecule has 0 atom stereocenters. The first kappa shape index (κ1) is 6.28. The molecular weight excluding hydrogens is 138 g/mol. The van der Waals surface area contributed by atoms with Crippen molar-refractivity contribution in [3.05, 3.63) is 28.6 Å². The molecule has 0 fully saturated rings. The van der Waals surface area contributed by atoms with Crippen LogP contribution in [0.15, 0.2) is 18.2 Å². The van der Waals surface area contributed by atoms with E-state index in [0.29, 0.717) is 5.75 Å². The van der Waals surface area contributed by atoms with Gasteiger partial charge in [-0.15, -0.1) is 0 Å². The van der Waals surface area contributed by atoms with Crippen LogP contribution in [0.2, 0.25) is 0 Å². The molecule has 0 spiro atoms. The highest BCUT2D eigenvalue weighted by Gasteiger charge is 1.95. The van der Waals surface area contributed by atoms with Crippen molar-refractivity contribution in [2.75, 3.05) is 6.54 Å². The van der Waals surface area contributed by atoms with Crippen molar-refractivity contribution in [3.8, 4) is 5.75 Å². The molecule has 0 aromatic heterocycles. The number of benzene rings is 1. The minimum atomic E-state index is 0.361. The monoisotopic (exact) mass is 147 g/mol. The lowest BCUT2D eigenvalue weighted by atomic mass is 10.2. The van der Waals surface area contributed by atoms with Gasteiger partial charge in [-0.2, -0.15) is 0 Å². The van der Waals surface area contributed by atoms with Gasteiger partial charge in [-0.1, -0.05) is 18.2 Å². The van der Waals surface area contributed by atoms with Crippen LogP contribution in [0.4, 0.5) is 0 Å². The Morgan fingerprint density at radius 1 is 1.36 bits per heavy atom. The molecule has 0 saturated carbocycles. The molecule has 1 aromatic carbocycles. The summed E-state index contributed by atoms with van der Waals surface area (Å²) in [5.41, 5.74) is 0. The molecule has 0 aliphatic carbocycles. The zero-order chi connectivity index (χ0) is 7.68. The number of phenolic OH excluding ortho intramolecular Hbond substituents is 1. The van der Waals surface area contributed by atoms with Crippen LogP contribution in [0.3, 0.4) is 0 Å². The molecule has 1 aliphatic rings. The van der Waals surface area contributed by atoms with Crippen LogP contribution in [0.5, 0.6) is 5.75 Å². The third kappa shape index (κ3) is 0.963. The first-order valence-electron chi connectivity index (χ1n) is 3.60. The van der Waals surface area contributed by atoms with Crippen LogP contribution in [-0.2, 0) is 0 Å². The van der Waals surface area contributed by atoms with E-state index in [2.05, 4.69) is 5.32 Å². The average molecular weight is 147 g/mol. The second-order valence-corrected chi connectivity index (χ2v) is 2.54. The van der Waals surface area contributed by atoms with E-state index in [1.165, 1.54) is 0 Å². The van der Waals surface area contributed by atoms with Gasteiger partial charge in [0.15, 0.2) is 0 Å². The number of aromatic hydroxyl groups is 1. The summed E-state index contributed by atoms with van der Waals surface area (Å²) >= 11 is 0. The van der Waals surface area contributed by atoms with E-state index in [1.54, 1.807) is 6.07 Å². The summed E-state index contributed by atoms with van der Waals surface area (Å²) in [5.74, 6) is 0.361. The van der Waals surface area contributed by atoms with Crippen molar-refractivity contribution in [2.45, 2.75) is 0 Å². The average Bonchev–Trinajstić information content (AvgIpc) is 2.06. The van der Waals surface area contributed by atoms with Gasteiger partial charge in [0.2, 0.25) is 0 Å². The molecule has 2 N–H and O–H groups in total. The number of phenols is 1. The highest BCUT2D eigenvalue weighted by molar-refractivity contribution is 5.43. The van der Waals surface area contributed by atoms with E-state index in [0.717, 1.165) is 17.0 Å². The van der Waals surface area contributed by atoms with Crippen molar-refractivity contribution >= 4 is 12.3 Å². The fourth-order valence-electron chi connectivity index (χ4n) is 1.25. The standard InChI is InChI=1S/C9H9NO/c11-9-3-1-2-7-6-10-5-4-8(7)9/h1-4,6,10-11H,5H2. The fraction of sp³-hybridized carbons (Fsp3) is 0.111. The zero-order valence-electron chi connectivity index (χ0n) is 6.04. The molecule has 56 valence electrons. The van der Waals surface area contributed by atoms with E-state index < -0.39 is 0 Å². The fourth-order valence-corrected chi connectivity index (χ4v) is 1.25. The lowest BCUT2D eigenvalue weighted by Gasteiger charge is -2.02. The second kappa shape index (κ2) is 2.31. The summed E-state index contributed by atoms with van der Waals surface area (Å²) in [6.07, 6.45) is 3.89. The molecule has 11 heavy (non-hydrogen) atoms. The van der Waals surface area contributed by atoms with Crippen LogP contribution in [0.25, 0.3) is 12.3 Å². The zero-order valence-corrected chi connectivity index (χ0v) is 6.04.